The van der Waals surface area contributed by atoms with Gasteiger partial charge in [-0.2, -0.15) is 0 Å². The summed E-state index contributed by atoms with van der Waals surface area (Å²) in [4.78, 5) is 2.49. The van der Waals surface area contributed by atoms with Crippen LogP contribution < -0.4 is 5.73 Å². The van der Waals surface area contributed by atoms with Crippen molar-refractivity contribution in [2.45, 2.75) is 57.7 Å². The SMILES string of the molecule is CCCN(Cc1cc(F)cc(Br)c1)C1CCC(N)CC1. The van der Waals surface area contributed by atoms with Crippen molar-refractivity contribution in [2.75, 3.05) is 6.54 Å². The average molecular weight is 343 g/mol. The highest BCUT2D eigenvalue weighted by Crippen LogP contribution is 2.25. The number of hydrogen-bond acceptors (Lipinski definition) is 2. The smallest absolute Gasteiger partial charge is 0.124 e. The Bertz CT molecular complexity index is 410. The minimum atomic E-state index is -0.170. The van der Waals surface area contributed by atoms with Crippen LogP contribution in [0.15, 0.2) is 22.7 Å². The molecule has 0 radical (unpaired) electrons. The molecule has 112 valence electrons. The fourth-order valence-electron chi connectivity index (χ4n) is 3.08. The number of hydrogen-bond donors (Lipinski definition) is 1. The normalized spacial score (nSPS) is 23.2. The van der Waals surface area contributed by atoms with E-state index < -0.39 is 0 Å². The molecule has 2 nitrogen and oxygen atoms in total. The fraction of sp³-hybridized carbons (Fsp3) is 0.625. The molecule has 20 heavy (non-hydrogen) atoms. The van der Waals surface area contributed by atoms with Gasteiger partial charge in [-0.05, 0) is 62.4 Å². The minimum absolute atomic E-state index is 0.170. The Balaban J connectivity index is 2.04. The molecule has 0 amide bonds. The zero-order valence-electron chi connectivity index (χ0n) is 12.1. The van der Waals surface area contributed by atoms with Gasteiger partial charge in [0.2, 0.25) is 0 Å². The highest BCUT2D eigenvalue weighted by Gasteiger charge is 2.23. The molecule has 1 aliphatic carbocycles. The second-order valence-corrected chi connectivity index (χ2v) is 6.73. The summed E-state index contributed by atoms with van der Waals surface area (Å²) < 4.78 is 14.3. The summed E-state index contributed by atoms with van der Waals surface area (Å²) in [5.41, 5.74) is 7.03. The zero-order chi connectivity index (χ0) is 14.5. The molecule has 1 saturated carbocycles. The lowest BCUT2D eigenvalue weighted by Gasteiger charge is -2.36. The standard InChI is InChI=1S/C16H24BrFN2/c1-2-7-20(16-5-3-15(19)4-6-16)11-12-8-13(17)10-14(18)9-12/h8-10,15-16H,2-7,11,19H2,1H3. The first kappa shape index (κ1) is 15.9. The predicted octanol–water partition coefficient (Wildman–Crippen LogP) is 4.07. The van der Waals surface area contributed by atoms with Crippen molar-refractivity contribution in [3.63, 3.8) is 0 Å². The van der Waals surface area contributed by atoms with Crippen molar-refractivity contribution < 1.29 is 4.39 Å². The highest BCUT2D eigenvalue weighted by molar-refractivity contribution is 9.10. The molecule has 1 aromatic carbocycles. The lowest BCUT2D eigenvalue weighted by Crippen LogP contribution is -2.40. The predicted molar refractivity (Wildman–Crippen MR) is 85.0 cm³/mol. The second kappa shape index (κ2) is 7.53. The zero-order valence-corrected chi connectivity index (χ0v) is 13.7. The summed E-state index contributed by atoms with van der Waals surface area (Å²) in [5.74, 6) is -0.170. The van der Waals surface area contributed by atoms with E-state index in [0.717, 1.165) is 55.2 Å². The van der Waals surface area contributed by atoms with Gasteiger partial charge in [0.1, 0.15) is 5.82 Å². The van der Waals surface area contributed by atoms with Crippen LogP contribution in [0.5, 0.6) is 0 Å². The molecule has 1 aliphatic rings. The topological polar surface area (TPSA) is 29.3 Å². The van der Waals surface area contributed by atoms with Crippen molar-refractivity contribution in [1.82, 2.24) is 4.90 Å². The minimum Gasteiger partial charge on any atom is -0.328 e. The van der Waals surface area contributed by atoms with Gasteiger partial charge in [0.15, 0.2) is 0 Å². The van der Waals surface area contributed by atoms with E-state index in [2.05, 4.69) is 27.8 Å². The molecule has 4 heteroatoms. The highest BCUT2D eigenvalue weighted by atomic mass is 79.9. The first-order valence-corrected chi connectivity index (χ1v) is 8.32. The van der Waals surface area contributed by atoms with Gasteiger partial charge in [-0.1, -0.05) is 22.9 Å². The molecule has 0 bridgehead atoms. The van der Waals surface area contributed by atoms with E-state index in [1.807, 2.05) is 6.07 Å². The third kappa shape index (κ3) is 4.54. The van der Waals surface area contributed by atoms with Crippen LogP contribution in [-0.4, -0.2) is 23.5 Å². The number of halogens is 2. The summed E-state index contributed by atoms with van der Waals surface area (Å²) in [6, 6.07) is 6.13. The number of rotatable bonds is 5. The molecular formula is C16H24BrFN2. The van der Waals surface area contributed by atoms with Crippen LogP contribution in [0.1, 0.15) is 44.6 Å². The second-order valence-electron chi connectivity index (χ2n) is 5.82. The van der Waals surface area contributed by atoms with E-state index in [1.54, 1.807) is 6.07 Å². The van der Waals surface area contributed by atoms with E-state index >= 15 is 0 Å². The van der Waals surface area contributed by atoms with Crippen LogP contribution in [-0.2, 0) is 6.54 Å². The van der Waals surface area contributed by atoms with Crippen molar-refractivity contribution in [3.05, 3.63) is 34.1 Å². The van der Waals surface area contributed by atoms with E-state index in [-0.39, 0.29) is 5.82 Å². The molecule has 0 heterocycles. The van der Waals surface area contributed by atoms with Crippen molar-refractivity contribution in [3.8, 4) is 0 Å². The van der Waals surface area contributed by atoms with Gasteiger partial charge in [-0.15, -0.1) is 0 Å². The Morgan fingerprint density at radius 3 is 2.55 bits per heavy atom. The molecule has 1 fully saturated rings. The number of nitrogens with two attached hydrogens (primary N) is 1. The van der Waals surface area contributed by atoms with Crippen LogP contribution >= 0.6 is 15.9 Å². The van der Waals surface area contributed by atoms with E-state index in [4.69, 9.17) is 5.73 Å². The van der Waals surface area contributed by atoms with E-state index in [9.17, 15) is 4.39 Å². The fourth-order valence-corrected chi connectivity index (χ4v) is 3.59. The molecule has 0 atom stereocenters. The maximum absolute atomic E-state index is 13.5. The lowest BCUT2D eigenvalue weighted by molar-refractivity contribution is 0.142. The van der Waals surface area contributed by atoms with Gasteiger partial charge in [-0.25, -0.2) is 4.39 Å². The maximum atomic E-state index is 13.5. The molecule has 0 spiro atoms. The Morgan fingerprint density at radius 2 is 1.95 bits per heavy atom. The van der Waals surface area contributed by atoms with E-state index in [1.165, 1.54) is 6.07 Å². The molecule has 0 saturated heterocycles. The summed E-state index contributed by atoms with van der Waals surface area (Å²) in [6.07, 6.45) is 5.67. The monoisotopic (exact) mass is 342 g/mol. The van der Waals surface area contributed by atoms with Crippen molar-refractivity contribution in [1.29, 1.82) is 0 Å². The quantitative estimate of drug-likeness (QED) is 0.873. The van der Waals surface area contributed by atoms with Gasteiger partial charge in [0.05, 0.1) is 0 Å². The first-order chi connectivity index (χ1) is 9.58. The Hall–Kier alpha value is -0.450. The molecule has 0 aliphatic heterocycles. The summed E-state index contributed by atoms with van der Waals surface area (Å²) >= 11 is 3.37. The van der Waals surface area contributed by atoms with Crippen LogP contribution in [0, 0.1) is 5.82 Å². The van der Waals surface area contributed by atoms with Crippen LogP contribution in [0.2, 0.25) is 0 Å². The molecule has 0 unspecified atom stereocenters. The third-order valence-electron chi connectivity index (χ3n) is 4.08. The van der Waals surface area contributed by atoms with Gasteiger partial charge < -0.3 is 5.73 Å². The Kier molecular flexibility index (Phi) is 6.00. The van der Waals surface area contributed by atoms with E-state index in [0.29, 0.717) is 12.1 Å². The van der Waals surface area contributed by atoms with Crippen molar-refractivity contribution >= 4 is 15.9 Å². The number of benzene rings is 1. The molecule has 2 N–H and O–H groups in total. The molecular weight excluding hydrogens is 319 g/mol. The van der Waals surface area contributed by atoms with Gasteiger partial charge in [0, 0.05) is 23.1 Å². The van der Waals surface area contributed by atoms with Crippen LogP contribution in [0.25, 0.3) is 0 Å². The molecule has 0 aromatic heterocycles. The van der Waals surface area contributed by atoms with Gasteiger partial charge in [-0.3, -0.25) is 4.90 Å². The largest absolute Gasteiger partial charge is 0.328 e. The van der Waals surface area contributed by atoms with Crippen LogP contribution in [0.4, 0.5) is 4.39 Å². The molecule has 2 rings (SSSR count). The van der Waals surface area contributed by atoms with Crippen LogP contribution in [0.3, 0.4) is 0 Å². The van der Waals surface area contributed by atoms with Gasteiger partial charge >= 0.3 is 0 Å². The third-order valence-corrected chi connectivity index (χ3v) is 4.53. The number of nitrogens with zero attached hydrogens (tertiary/aromatic N) is 1. The van der Waals surface area contributed by atoms with Gasteiger partial charge in [0.25, 0.3) is 0 Å². The summed E-state index contributed by atoms with van der Waals surface area (Å²) in [7, 11) is 0. The maximum Gasteiger partial charge on any atom is 0.124 e. The Labute approximate surface area is 129 Å². The summed E-state index contributed by atoms with van der Waals surface area (Å²) in [6.45, 7) is 4.08. The first-order valence-electron chi connectivity index (χ1n) is 7.53. The Morgan fingerprint density at radius 1 is 1.25 bits per heavy atom. The lowest BCUT2D eigenvalue weighted by atomic mass is 9.90. The summed E-state index contributed by atoms with van der Waals surface area (Å²) in [5, 5.41) is 0. The average Bonchev–Trinajstić information content (AvgIpc) is 2.38. The van der Waals surface area contributed by atoms with Crippen molar-refractivity contribution in [2.24, 2.45) is 5.73 Å². The molecule has 1 aromatic rings.